The topological polar surface area (TPSA) is 52.0 Å². The fourth-order valence-corrected chi connectivity index (χ4v) is 3.46. The highest BCUT2D eigenvalue weighted by Crippen LogP contribution is 2.29. The van der Waals surface area contributed by atoms with E-state index in [1.54, 1.807) is 18.4 Å². The molecule has 2 heterocycles. The maximum atomic E-state index is 5.25. The number of thiazole rings is 1. The SMILES string of the molecule is CCn1nc(C)c(CNc2nc3ccc(OC)cc3s2)c1C. The van der Waals surface area contributed by atoms with Crippen LogP contribution in [-0.4, -0.2) is 21.9 Å². The summed E-state index contributed by atoms with van der Waals surface area (Å²) in [5.74, 6) is 0.860. The molecule has 1 N–H and O–H groups in total. The third-order valence-electron chi connectivity index (χ3n) is 3.84. The minimum Gasteiger partial charge on any atom is -0.497 e. The number of benzene rings is 1. The molecule has 0 aliphatic rings. The van der Waals surface area contributed by atoms with E-state index in [-0.39, 0.29) is 0 Å². The molecule has 0 bridgehead atoms. The van der Waals surface area contributed by atoms with Crippen molar-refractivity contribution in [1.29, 1.82) is 0 Å². The van der Waals surface area contributed by atoms with Crippen molar-refractivity contribution in [2.75, 3.05) is 12.4 Å². The van der Waals surface area contributed by atoms with Crippen LogP contribution in [-0.2, 0) is 13.1 Å². The van der Waals surface area contributed by atoms with Gasteiger partial charge in [0.1, 0.15) is 5.75 Å². The van der Waals surface area contributed by atoms with Gasteiger partial charge in [0.25, 0.3) is 0 Å². The zero-order chi connectivity index (χ0) is 15.7. The van der Waals surface area contributed by atoms with Gasteiger partial charge in [-0.1, -0.05) is 11.3 Å². The van der Waals surface area contributed by atoms with Crippen LogP contribution in [0.2, 0.25) is 0 Å². The van der Waals surface area contributed by atoms with Gasteiger partial charge in [0.15, 0.2) is 5.13 Å². The monoisotopic (exact) mass is 316 g/mol. The lowest BCUT2D eigenvalue weighted by Crippen LogP contribution is -2.03. The van der Waals surface area contributed by atoms with Crippen molar-refractivity contribution < 1.29 is 4.74 Å². The molecule has 3 aromatic rings. The van der Waals surface area contributed by atoms with Crippen molar-refractivity contribution in [2.45, 2.75) is 33.9 Å². The van der Waals surface area contributed by atoms with Crippen LogP contribution in [0.4, 0.5) is 5.13 Å². The number of aryl methyl sites for hydroxylation is 2. The molecule has 3 rings (SSSR count). The fourth-order valence-electron chi connectivity index (χ4n) is 2.57. The second kappa shape index (κ2) is 5.96. The van der Waals surface area contributed by atoms with Crippen molar-refractivity contribution in [3.05, 3.63) is 35.2 Å². The van der Waals surface area contributed by atoms with E-state index in [1.165, 1.54) is 11.3 Å². The molecule has 0 amide bonds. The Labute approximate surface area is 133 Å². The predicted octanol–water partition coefficient (Wildman–Crippen LogP) is 3.75. The molecule has 0 radical (unpaired) electrons. The van der Waals surface area contributed by atoms with Gasteiger partial charge in [0, 0.05) is 24.3 Å². The number of aromatic nitrogens is 3. The van der Waals surface area contributed by atoms with Crippen molar-refractivity contribution in [3.8, 4) is 5.75 Å². The number of hydrogen-bond acceptors (Lipinski definition) is 5. The lowest BCUT2D eigenvalue weighted by Gasteiger charge is -2.04. The quantitative estimate of drug-likeness (QED) is 0.779. The summed E-state index contributed by atoms with van der Waals surface area (Å²) in [6.45, 7) is 7.92. The number of nitrogens with zero attached hydrogens (tertiary/aromatic N) is 3. The molecule has 0 aliphatic heterocycles. The molecule has 6 heteroatoms. The van der Waals surface area contributed by atoms with Gasteiger partial charge in [-0.3, -0.25) is 4.68 Å². The van der Waals surface area contributed by atoms with E-state index >= 15 is 0 Å². The van der Waals surface area contributed by atoms with Gasteiger partial charge in [0.05, 0.1) is 23.0 Å². The zero-order valence-electron chi connectivity index (χ0n) is 13.3. The number of nitrogens with one attached hydrogen (secondary N) is 1. The molecule has 0 aliphatic carbocycles. The lowest BCUT2D eigenvalue weighted by molar-refractivity contribution is 0.415. The van der Waals surface area contributed by atoms with Crippen LogP contribution in [0.15, 0.2) is 18.2 Å². The van der Waals surface area contributed by atoms with Crippen LogP contribution < -0.4 is 10.1 Å². The highest BCUT2D eigenvalue weighted by Gasteiger charge is 2.11. The molecule has 1 aromatic carbocycles. The van der Waals surface area contributed by atoms with Crippen LogP contribution in [0.1, 0.15) is 23.9 Å². The highest BCUT2D eigenvalue weighted by molar-refractivity contribution is 7.22. The molecule has 0 unspecified atom stereocenters. The first-order valence-corrected chi connectivity index (χ1v) is 8.15. The minimum atomic E-state index is 0.745. The molecular weight excluding hydrogens is 296 g/mol. The predicted molar refractivity (Wildman–Crippen MR) is 90.9 cm³/mol. The van der Waals surface area contributed by atoms with E-state index in [2.05, 4.69) is 36.2 Å². The third kappa shape index (κ3) is 2.66. The normalized spacial score (nSPS) is 11.1. The van der Waals surface area contributed by atoms with E-state index in [4.69, 9.17) is 4.74 Å². The van der Waals surface area contributed by atoms with E-state index in [0.717, 1.165) is 39.9 Å². The Morgan fingerprint density at radius 1 is 1.32 bits per heavy atom. The maximum Gasteiger partial charge on any atom is 0.184 e. The Balaban J connectivity index is 1.80. The first-order chi connectivity index (χ1) is 10.6. The van der Waals surface area contributed by atoms with Gasteiger partial charge >= 0.3 is 0 Å². The van der Waals surface area contributed by atoms with Crippen molar-refractivity contribution in [1.82, 2.24) is 14.8 Å². The van der Waals surface area contributed by atoms with Crippen LogP contribution in [0.5, 0.6) is 5.75 Å². The summed E-state index contributed by atoms with van der Waals surface area (Å²) in [5.41, 5.74) is 4.54. The summed E-state index contributed by atoms with van der Waals surface area (Å²) in [6.07, 6.45) is 0. The van der Waals surface area contributed by atoms with E-state index in [1.807, 2.05) is 22.9 Å². The van der Waals surface area contributed by atoms with Crippen LogP contribution in [0, 0.1) is 13.8 Å². The van der Waals surface area contributed by atoms with Gasteiger partial charge in [-0.25, -0.2) is 4.98 Å². The average Bonchev–Trinajstić information content (AvgIpc) is 3.05. The largest absolute Gasteiger partial charge is 0.497 e. The van der Waals surface area contributed by atoms with Crippen LogP contribution in [0.3, 0.4) is 0 Å². The van der Waals surface area contributed by atoms with E-state index in [0.29, 0.717) is 0 Å². The third-order valence-corrected chi connectivity index (χ3v) is 4.82. The van der Waals surface area contributed by atoms with Gasteiger partial charge in [-0.05, 0) is 39.0 Å². The van der Waals surface area contributed by atoms with Gasteiger partial charge < -0.3 is 10.1 Å². The number of fused-ring (bicyclic) bond motifs is 1. The molecule has 2 aromatic heterocycles. The number of ether oxygens (including phenoxy) is 1. The van der Waals surface area contributed by atoms with E-state index < -0.39 is 0 Å². The highest BCUT2D eigenvalue weighted by atomic mass is 32.1. The van der Waals surface area contributed by atoms with Crippen molar-refractivity contribution >= 4 is 26.7 Å². The Hall–Kier alpha value is -2.08. The second-order valence-electron chi connectivity index (χ2n) is 5.17. The van der Waals surface area contributed by atoms with E-state index in [9.17, 15) is 0 Å². The summed E-state index contributed by atoms with van der Waals surface area (Å²) >= 11 is 1.64. The van der Waals surface area contributed by atoms with Crippen LogP contribution >= 0.6 is 11.3 Å². The van der Waals surface area contributed by atoms with Crippen LogP contribution in [0.25, 0.3) is 10.2 Å². The minimum absolute atomic E-state index is 0.745. The average molecular weight is 316 g/mol. The number of anilines is 1. The van der Waals surface area contributed by atoms with Gasteiger partial charge in [-0.2, -0.15) is 5.10 Å². The molecular formula is C16H20N4OS. The Kier molecular flexibility index (Phi) is 4.02. The van der Waals surface area contributed by atoms with Crippen molar-refractivity contribution in [2.24, 2.45) is 0 Å². The summed E-state index contributed by atoms with van der Waals surface area (Å²) in [5, 5.41) is 8.89. The molecule has 116 valence electrons. The molecule has 0 fully saturated rings. The lowest BCUT2D eigenvalue weighted by atomic mass is 10.2. The fraction of sp³-hybridized carbons (Fsp3) is 0.375. The summed E-state index contributed by atoms with van der Waals surface area (Å²) < 4.78 is 8.42. The molecule has 0 spiro atoms. The number of hydrogen-bond donors (Lipinski definition) is 1. The summed E-state index contributed by atoms with van der Waals surface area (Å²) in [7, 11) is 1.68. The molecule has 0 saturated carbocycles. The smallest absolute Gasteiger partial charge is 0.184 e. The standard InChI is InChI=1S/C16H20N4OS/c1-5-20-11(3)13(10(2)19-20)9-17-16-18-14-7-6-12(21-4)8-15(14)22-16/h6-8H,5,9H2,1-4H3,(H,17,18). The van der Waals surface area contributed by atoms with Gasteiger partial charge in [0.2, 0.25) is 0 Å². The first-order valence-electron chi connectivity index (χ1n) is 7.33. The molecule has 5 nitrogen and oxygen atoms in total. The number of methoxy groups -OCH3 is 1. The maximum absolute atomic E-state index is 5.25. The molecule has 0 atom stereocenters. The zero-order valence-corrected chi connectivity index (χ0v) is 14.1. The number of rotatable bonds is 5. The van der Waals surface area contributed by atoms with Crippen molar-refractivity contribution in [3.63, 3.8) is 0 Å². The van der Waals surface area contributed by atoms with Gasteiger partial charge in [-0.15, -0.1) is 0 Å². The molecule has 22 heavy (non-hydrogen) atoms. The summed E-state index contributed by atoms with van der Waals surface area (Å²) in [6, 6.07) is 5.94. The molecule has 0 saturated heterocycles. The Morgan fingerprint density at radius 3 is 2.82 bits per heavy atom. The summed E-state index contributed by atoms with van der Waals surface area (Å²) in [4.78, 5) is 4.61. The Bertz CT molecular complexity index is 806. The second-order valence-corrected chi connectivity index (χ2v) is 6.20. The Morgan fingerprint density at radius 2 is 2.14 bits per heavy atom. The first kappa shape index (κ1) is 14.8.